The van der Waals surface area contributed by atoms with Gasteiger partial charge in [-0.25, -0.2) is 4.98 Å². The van der Waals surface area contributed by atoms with Crippen molar-refractivity contribution in [2.45, 2.75) is 13.5 Å². The van der Waals surface area contributed by atoms with E-state index >= 15 is 0 Å². The van der Waals surface area contributed by atoms with Crippen molar-refractivity contribution in [1.29, 1.82) is 0 Å². The molecule has 2 rings (SSSR count). The Labute approximate surface area is 103 Å². The fourth-order valence-electron chi connectivity index (χ4n) is 1.28. The molecule has 0 saturated heterocycles. The first-order valence-corrected chi connectivity index (χ1v) is 5.70. The van der Waals surface area contributed by atoms with E-state index in [1.165, 1.54) is 0 Å². The molecule has 0 aromatic carbocycles. The number of halogens is 1. The number of aryl methyl sites for hydroxylation is 1. The zero-order chi connectivity index (χ0) is 11.4. The third-order valence-electron chi connectivity index (χ3n) is 2.03. The van der Waals surface area contributed by atoms with E-state index in [4.69, 9.17) is 4.74 Å². The second-order valence-corrected chi connectivity index (χ2v) is 4.19. The molecule has 4 heteroatoms. The molecule has 82 valence electrons. The van der Waals surface area contributed by atoms with Crippen LogP contribution >= 0.6 is 15.9 Å². The minimum absolute atomic E-state index is 0.463. The van der Waals surface area contributed by atoms with Gasteiger partial charge >= 0.3 is 0 Å². The smallest absolute Gasteiger partial charge is 0.138 e. The summed E-state index contributed by atoms with van der Waals surface area (Å²) in [5.41, 5.74) is 1.91. The van der Waals surface area contributed by atoms with E-state index in [1.807, 2.05) is 37.3 Å². The van der Waals surface area contributed by atoms with Crippen LogP contribution in [0.25, 0.3) is 0 Å². The van der Waals surface area contributed by atoms with Gasteiger partial charge in [-0.3, -0.25) is 4.98 Å². The molecule has 0 amide bonds. The van der Waals surface area contributed by atoms with Gasteiger partial charge in [0.2, 0.25) is 0 Å². The van der Waals surface area contributed by atoms with Crippen molar-refractivity contribution in [2.75, 3.05) is 0 Å². The topological polar surface area (TPSA) is 35.0 Å². The lowest BCUT2D eigenvalue weighted by Crippen LogP contribution is -1.99. The molecular weight excluding hydrogens is 268 g/mol. The lowest BCUT2D eigenvalue weighted by atomic mass is 10.3. The summed E-state index contributed by atoms with van der Waals surface area (Å²) in [5.74, 6) is 0.742. The zero-order valence-electron chi connectivity index (χ0n) is 8.85. The van der Waals surface area contributed by atoms with Crippen LogP contribution in [0.15, 0.2) is 41.1 Å². The molecule has 0 bridgehead atoms. The molecule has 3 nitrogen and oxygen atoms in total. The van der Waals surface area contributed by atoms with Gasteiger partial charge in [-0.2, -0.15) is 0 Å². The van der Waals surface area contributed by atoms with E-state index in [1.54, 1.807) is 6.20 Å². The molecule has 2 heterocycles. The Bertz CT molecular complexity index is 471. The van der Waals surface area contributed by atoms with Crippen LogP contribution in [0.4, 0.5) is 0 Å². The van der Waals surface area contributed by atoms with Gasteiger partial charge in [0.15, 0.2) is 0 Å². The number of pyridine rings is 2. The second kappa shape index (κ2) is 5.07. The standard InChI is InChI=1S/C12H11BrN2O/c1-9-3-2-4-10(15-9)8-16-11-5-6-12(13)14-7-11/h2-7H,8H2,1H3. The largest absolute Gasteiger partial charge is 0.486 e. The predicted molar refractivity (Wildman–Crippen MR) is 65.2 cm³/mol. The molecule has 0 radical (unpaired) electrons. The van der Waals surface area contributed by atoms with E-state index in [0.29, 0.717) is 6.61 Å². The van der Waals surface area contributed by atoms with Crippen molar-refractivity contribution < 1.29 is 4.74 Å². The van der Waals surface area contributed by atoms with Crippen LogP contribution in [0, 0.1) is 6.92 Å². The number of nitrogens with zero attached hydrogens (tertiary/aromatic N) is 2. The molecule has 2 aromatic heterocycles. The van der Waals surface area contributed by atoms with Gasteiger partial charge in [-0.15, -0.1) is 0 Å². The molecule has 2 aromatic rings. The molecule has 0 spiro atoms. The Hall–Kier alpha value is -1.42. The Morgan fingerprint density at radius 3 is 2.81 bits per heavy atom. The summed E-state index contributed by atoms with van der Waals surface area (Å²) in [6, 6.07) is 9.59. The Balaban J connectivity index is 1.99. The maximum absolute atomic E-state index is 5.56. The highest BCUT2D eigenvalue weighted by Gasteiger charge is 1.98. The van der Waals surface area contributed by atoms with Crippen molar-refractivity contribution in [1.82, 2.24) is 9.97 Å². The molecule has 0 unspecified atom stereocenters. The summed E-state index contributed by atoms with van der Waals surface area (Å²) in [6.07, 6.45) is 1.68. The average Bonchev–Trinajstić information content (AvgIpc) is 2.28. The van der Waals surface area contributed by atoms with Crippen molar-refractivity contribution in [3.05, 3.63) is 52.5 Å². The predicted octanol–water partition coefficient (Wildman–Crippen LogP) is 3.13. The molecular formula is C12H11BrN2O. The van der Waals surface area contributed by atoms with E-state index in [-0.39, 0.29) is 0 Å². The first kappa shape index (κ1) is 11.1. The van der Waals surface area contributed by atoms with Crippen molar-refractivity contribution in [3.63, 3.8) is 0 Å². The lowest BCUT2D eigenvalue weighted by molar-refractivity contribution is 0.300. The van der Waals surface area contributed by atoms with E-state index < -0.39 is 0 Å². The molecule has 16 heavy (non-hydrogen) atoms. The summed E-state index contributed by atoms with van der Waals surface area (Å²) in [4.78, 5) is 8.43. The fraction of sp³-hybridized carbons (Fsp3) is 0.167. The van der Waals surface area contributed by atoms with Crippen LogP contribution in [0.2, 0.25) is 0 Å². The van der Waals surface area contributed by atoms with Crippen molar-refractivity contribution in [3.8, 4) is 5.75 Å². The van der Waals surface area contributed by atoms with Crippen molar-refractivity contribution in [2.24, 2.45) is 0 Å². The van der Waals surface area contributed by atoms with Crippen LogP contribution in [0.5, 0.6) is 5.75 Å². The Morgan fingerprint density at radius 1 is 1.25 bits per heavy atom. The summed E-state index contributed by atoms with van der Waals surface area (Å²) in [6.45, 7) is 2.43. The van der Waals surface area contributed by atoms with Gasteiger partial charge in [0.25, 0.3) is 0 Å². The van der Waals surface area contributed by atoms with Gasteiger partial charge in [0.05, 0.1) is 11.9 Å². The third-order valence-corrected chi connectivity index (χ3v) is 2.50. The Morgan fingerprint density at radius 2 is 2.12 bits per heavy atom. The van der Waals surface area contributed by atoms with Gasteiger partial charge in [0.1, 0.15) is 17.0 Å². The molecule has 0 aliphatic heterocycles. The van der Waals surface area contributed by atoms with Gasteiger partial charge in [-0.05, 0) is 47.1 Å². The first-order valence-electron chi connectivity index (χ1n) is 4.91. The number of ether oxygens (including phenoxy) is 1. The second-order valence-electron chi connectivity index (χ2n) is 3.38. The van der Waals surface area contributed by atoms with Gasteiger partial charge < -0.3 is 4.74 Å². The number of rotatable bonds is 3. The molecule has 0 fully saturated rings. The van der Waals surface area contributed by atoms with Crippen LogP contribution in [-0.4, -0.2) is 9.97 Å². The van der Waals surface area contributed by atoms with Crippen LogP contribution in [0.1, 0.15) is 11.4 Å². The van der Waals surface area contributed by atoms with E-state index in [9.17, 15) is 0 Å². The van der Waals surface area contributed by atoms with E-state index in [0.717, 1.165) is 21.7 Å². The number of hydrogen-bond donors (Lipinski definition) is 0. The number of aromatic nitrogens is 2. The molecule has 0 N–H and O–H groups in total. The normalized spacial score (nSPS) is 10.1. The molecule has 0 atom stereocenters. The highest BCUT2D eigenvalue weighted by Crippen LogP contribution is 2.13. The summed E-state index contributed by atoms with van der Waals surface area (Å²) in [7, 11) is 0. The van der Waals surface area contributed by atoms with E-state index in [2.05, 4.69) is 25.9 Å². The SMILES string of the molecule is Cc1cccc(COc2ccc(Br)nc2)n1. The maximum Gasteiger partial charge on any atom is 0.138 e. The molecule has 0 aliphatic carbocycles. The first-order chi connectivity index (χ1) is 7.74. The summed E-state index contributed by atoms with van der Waals surface area (Å²) < 4.78 is 6.36. The fourth-order valence-corrected chi connectivity index (χ4v) is 1.52. The molecule has 0 saturated carbocycles. The highest BCUT2D eigenvalue weighted by molar-refractivity contribution is 9.10. The maximum atomic E-state index is 5.56. The highest BCUT2D eigenvalue weighted by atomic mass is 79.9. The number of hydrogen-bond acceptors (Lipinski definition) is 3. The quantitative estimate of drug-likeness (QED) is 0.810. The van der Waals surface area contributed by atoms with Crippen LogP contribution in [-0.2, 0) is 6.61 Å². The molecule has 0 aliphatic rings. The monoisotopic (exact) mass is 278 g/mol. The summed E-state index contributed by atoms with van der Waals surface area (Å²) >= 11 is 3.27. The third kappa shape index (κ3) is 3.03. The van der Waals surface area contributed by atoms with Crippen LogP contribution in [0.3, 0.4) is 0 Å². The van der Waals surface area contributed by atoms with Crippen molar-refractivity contribution >= 4 is 15.9 Å². The van der Waals surface area contributed by atoms with Crippen LogP contribution < -0.4 is 4.74 Å². The minimum atomic E-state index is 0.463. The lowest BCUT2D eigenvalue weighted by Gasteiger charge is -2.05. The average molecular weight is 279 g/mol. The van der Waals surface area contributed by atoms with Gasteiger partial charge in [-0.1, -0.05) is 6.07 Å². The Kier molecular flexibility index (Phi) is 3.51. The zero-order valence-corrected chi connectivity index (χ0v) is 10.4. The minimum Gasteiger partial charge on any atom is -0.486 e. The summed E-state index contributed by atoms with van der Waals surface area (Å²) in [5, 5.41) is 0. The van der Waals surface area contributed by atoms with Gasteiger partial charge in [0, 0.05) is 5.69 Å².